The molecule has 4 nitrogen and oxygen atoms in total. The van der Waals surface area contributed by atoms with Crippen molar-refractivity contribution in [2.24, 2.45) is 0 Å². The van der Waals surface area contributed by atoms with Crippen molar-refractivity contribution < 1.29 is 9.53 Å². The van der Waals surface area contributed by atoms with E-state index in [1.54, 1.807) is 11.2 Å². The van der Waals surface area contributed by atoms with Crippen molar-refractivity contribution in [3.63, 3.8) is 0 Å². The van der Waals surface area contributed by atoms with Gasteiger partial charge in [-0.05, 0) is 18.9 Å². The minimum absolute atomic E-state index is 0.0455. The molecule has 1 fully saturated rings. The van der Waals surface area contributed by atoms with Gasteiger partial charge in [-0.2, -0.15) is 5.26 Å². The van der Waals surface area contributed by atoms with Crippen molar-refractivity contribution in [2.45, 2.75) is 25.0 Å². The second kappa shape index (κ2) is 3.09. The van der Waals surface area contributed by atoms with Crippen LogP contribution in [0.2, 0.25) is 0 Å². The average molecular weight is 178 g/mol. The van der Waals surface area contributed by atoms with Gasteiger partial charge >= 0.3 is 0 Å². The lowest BCUT2D eigenvalue weighted by Crippen LogP contribution is -2.30. The molecule has 0 aromatic rings. The molecule has 0 aromatic heterocycles. The number of hydrogen-bond donors (Lipinski definition) is 0. The summed E-state index contributed by atoms with van der Waals surface area (Å²) >= 11 is 0. The number of carbonyl (C=O) groups excluding carboxylic acids is 1. The third kappa shape index (κ3) is 1.50. The zero-order valence-corrected chi connectivity index (χ0v) is 7.14. The minimum atomic E-state index is -0.358. The van der Waals surface area contributed by atoms with Gasteiger partial charge in [-0.3, -0.25) is 4.79 Å². The Hall–Kier alpha value is -1.50. The van der Waals surface area contributed by atoms with Crippen molar-refractivity contribution in [1.29, 1.82) is 5.26 Å². The number of allylic oxidation sites excluding steroid dienone is 1. The Kier molecular flexibility index (Phi) is 1.93. The molecule has 0 aliphatic carbocycles. The highest BCUT2D eigenvalue weighted by atomic mass is 16.5. The van der Waals surface area contributed by atoms with Gasteiger partial charge in [-0.1, -0.05) is 0 Å². The molecule has 2 atom stereocenters. The van der Waals surface area contributed by atoms with Crippen LogP contribution in [0.4, 0.5) is 0 Å². The Labute approximate surface area is 76.4 Å². The van der Waals surface area contributed by atoms with Gasteiger partial charge in [0.25, 0.3) is 5.91 Å². The molecule has 2 rings (SSSR count). The number of nitriles is 1. The van der Waals surface area contributed by atoms with E-state index in [9.17, 15) is 4.79 Å². The highest BCUT2D eigenvalue weighted by Gasteiger charge is 2.42. The first-order valence-electron chi connectivity index (χ1n) is 4.33. The first kappa shape index (κ1) is 8.11. The quantitative estimate of drug-likeness (QED) is 0.546. The first-order valence-corrected chi connectivity index (χ1v) is 4.33. The SMILES string of the molecule is N#CC1CN1C(=O)C1CCC=CO1. The van der Waals surface area contributed by atoms with Crippen LogP contribution in [-0.2, 0) is 9.53 Å². The van der Waals surface area contributed by atoms with Gasteiger partial charge in [0.2, 0.25) is 0 Å². The number of nitrogens with zero attached hydrogens (tertiary/aromatic N) is 2. The lowest BCUT2D eigenvalue weighted by atomic mass is 10.1. The fraction of sp³-hybridized carbons (Fsp3) is 0.556. The van der Waals surface area contributed by atoms with Gasteiger partial charge < -0.3 is 9.64 Å². The van der Waals surface area contributed by atoms with Crippen LogP contribution in [0.3, 0.4) is 0 Å². The van der Waals surface area contributed by atoms with Crippen LogP contribution in [0.15, 0.2) is 12.3 Å². The fourth-order valence-electron chi connectivity index (χ4n) is 1.39. The maximum atomic E-state index is 11.5. The molecule has 1 saturated heterocycles. The number of amides is 1. The van der Waals surface area contributed by atoms with Crippen LogP contribution in [0.25, 0.3) is 0 Å². The Morgan fingerprint density at radius 2 is 2.54 bits per heavy atom. The molecule has 2 unspecified atom stereocenters. The van der Waals surface area contributed by atoms with Crippen LogP contribution < -0.4 is 0 Å². The maximum absolute atomic E-state index is 11.5. The van der Waals surface area contributed by atoms with E-state index >= 15 is 0 Å². The summed E-state index contributed by atoms with van der Waals surface area (Å²) in [6.45, 7) is 0.568. The topological polar surface area (TPSA) is 53.1 Å². The largest absolute Gasteiger partial charge is 0.489 e. The summed E-state index contributed by atoms with van der Waals surface area (Å²) in [6, 6.07) is 1.83. The smallest absolute Gasteiger partial charge is 0.264 e. The molecule has 2 heterocycles. The monoisotopic (exact) mass is 178 g/mol. The first-order chi connectivity index (χ1) is 6.33. The predicted molar refractivity (Wildman–Crippen MR) is 44.4 cm³/mol. The van der Waals surface area contributed by atoms with Crippen molar-refractivity contribution in [3.8, 4) is 6.07 Å². The molecule has 13 heavy (non-hydrogen) atoms. The lowest BCUT2D eigenvalue weighted by Gasteiger charge is -2.18. The molecule has 0 aromatic carbocycles. The number of carbonyl (C=O) groups is 1. The maximum Gasteiger partial charge on any atom is 0.264 e. The second-order valence-electron chi connectivity index (χ2n) is 3.21. The lowest BCUT2D eigenvalue weighted by molar-refractivity contribution is -0.135. The molecule has 0 bridgehead atoms. The van der Waals surface area contributed by atoms with Crippen molar-refractivity contribution in [3.05, 3.63) is 12.3 Å². The molecule has 2 aliphatic rings. The summed E-state index contributed by atoms with van der Waals surface area (Å²) in [5, 5.41) is 8.53. The van der Waals surface area contributed by atoms with Crippen LogP contribution in [0.1, 0.15) is 12.8 Å². The zero-order chi connectivity index (χ0) is 9.26. The van der Waals surface area contributed by atoms with Gasteiger partial charge in [0.1, 0.15) is 6.04 Å². The third-order valence-corrected chi connectivity index (χ3v) is 2.25. The Morgan fingerprint density at radius 1 is 1.69 bits per heavy atom. The van der Waals surface area contributed by atoms with E-state index in [0.29, 0.717) is 6.54 Å². The van der Waals surface area contributed by atoms with E-state index in [-0.39, 0.29) is 18.1 Å². The molecule has 1 amide bonds. The summed E-state index contributed by atoms with van der Waals surface area (Å²) in [6.07, 6.45) is 4.71. The van der Waals surface area contributed by atoms with E-state index in [1.807, 2.05) is 12.1 Å². The summed E-state index contributed by atoms with van der Waals surface area (Å²) in [5.74, 6) is -0.0455. The van der Waals surface area contributed by atoms with Crippen LogP contribution in [0, 0.1) is 11.3 Å². The summed E-state index contributed by atoms with van der Waals surface area (Å²) < 4.78 is 5.15. The standard InChI is InChI=1S/C9H10N2O2/c10-5-7-6-11(7)9(12)8-3-1-2-4-13-8/h2,4,7-8H,1,3,6H2. The summed E-state index contributed by atoms with van der Waals surface area (Å²) in [5.41, 5.74) is 0. The number of ether oxygens (including phenoxy) is 1. The van der Waals surface area contributed by atoms with Crippen LogP contribution in [0.5, 0.6) is 0 Å². The third-order valence-electron chi connectivity index (χ3n) is 2.25. The van der Waals surface area contributed by atoms with Gasteiger partial charge in [-0.25, -0.2) is 0 Å². The molecule has 0 radical (unpaired) electrons. The highest BCUT2D eigenvalue weighted by molar-refractivity contribution is 5.84. The molecular weight excluding hydrogens is 168 g/mol. The molecule has 0 saturated carbocycles. The molecular formula is C9H10N2O2. The molecule has 4 heteroatoms. The molecule has 0 N–H and O–H groups in total. The fourth-order valence-corrected chi connectivity index (χ4v) is 1.39. The second-order valence-corrected chi connectivity index (χ2v) is 3.21. The van der Waals surface area contributed by atoms with Gasteiger partial charge in [0.15, 0.2) is 6.10 Å². The van der Waals surface area contributed by atoms with Crippen molar-refractivity contribution in [2.75, 3.05) is 6.54 Å². The Bertz CT molecular complexity index is 292. The van der Waals surface area contributed by atoms with E-state index < -0.39 is 0 Å². The van der Waals surface area contributed by atoms with Gasteiger partial charge in [-0.15, -0.1) is 0 Å². The van der Waals surface area contributed by atoms with Crippen LogP contribution in [-0.4, -0.2) is 29.5 Å². The van der Waals surface area contributed by atoms with Gasteiger partial charge in [0, 0.05) is 0 Å². The predicted octanol–water partition coefficient (Wildman–Crippen LogP) is 0.413. The van der Waals surface area contributed by atoms with E-state index in [0.717, 1.165) is 12.8 Å². The van der Waals surface area contributed by atoms with E-state index in [4.69, 9.17) is 10.00 Å². The minimum Gasteiger partial charge on any atom is -0.489 e. The molecule has 68 valence electrons. The normalized spacial score (nSPS) is 30.5. The number of rotatable bonds is 1. The molecule has 0 spiro atoms. The highest BCUT2D eigenvalue weighted by Crippen LogP contribution is 2.22. The van der Waals surface area contributed by atoms with E-state index in [1.165, 1.54) is 0 Å². The zero-order valence-electron chi connectivity index (χ0n) is 7.14. The van der Waals surface area contributed by atoms with E-state index in [2.05, 4.69) is 0 Å². The summed E-state index contributed by atoms with van der Waals surface area (Å²) in [7, 11) is 0. The Balaban J connectivity index is 1.91. The van der Waals surface area contributed by atoms with Gasteiger partial charge in [0.05, 0.1) is 18.9 Å². The molecule has 2 aliphatic heterocycles. The average Bonchev–Trinajstić information content (AvgIpc) is 2.97. The van der Waals surface area contributed by atoms with Crippen molar-refractivity contribution in [1.82, 2.24) is 4.90 Å². The number of hydrogen-bond acceptors (Lipinski definition) is 3. The van der Waals surface area contributed by atoms with Crippen LogP contribution >= 0.6 is 0 Å². The summed E-state index contributed by atoms with van der Waals surface area (Å²) in [4.78, 5) is 13.1. The van der Waals surface area contributed by atoms with Crippen molar-refractivity contribution >= 4 is 5.91 Å². The Morgan fingerprint density at radius 3 is 3.08 bits per heavy atom.